The fourth-order valence-electron chi connectivity index (χ4n) is 0.166. The summed E-state index contributed by atoms with van der Waals surface area (Å²) in [4.78, 5) is 0. The van der Waals surface area contributed by atoms with Gasteiger partial charge < -0.3 is 0 Å². The summed E-state index contributed by atoms with van der Waals surface area (Å²) in [5, 5.41) is 0. The predicted octanol–water partition coefficient (Wildman–Crippen LogP) is -0.288. The van der Waals surface area contributed by atoms with Crippen LogP contribution in [-0.4, -0.2) is 32.6 Å². The minimum atomic E-state index is -2.98. The van der Waals surface area contributed by atoms with Crippen molar-refractivity contribution in [1.29, 1.82) is 0 Å². The van der Waals surface area contributed by atoms with Crippen molar-refractivity contribution in [2.24, 2.45) is 0 Å². The van der Waals surface area contributed by atoms with Gasteiger partial charge in [-0.25, -0.2) is 12.7 Å². The van der Waals surface area contributed by atoms with Crippen molar-refractivity contribution in [3.05, 3.63) is 6.92 Å². The van der Waals surface area contributed by atoms with Crippen molar-refractivity contribution in [3.63, 3.8) is 0 Å². The molecule has 0 N–H and O–H groups in total. The summed E-state index contributed by atoms with van der Waals surface area (Å²) in [6, 6.07) is 0. The third-order valence-electron chi connectivity index (χ3n) is 0.881. The summed E-state index contributed by atoms with van der Waals surface area (Å²) in [6.45, 7) is 3.69. The number of rotatable bonds is 2. The first-order valence-corrected chi connectivity index (χ1v) is 4.04. The van der Waals surface area contributed by atoms with Gasteiger partial charge in [0.05, 0.1) is 6.26 Å². The SMILES string of the molecule is [CH2]CN(C)S(C)(=O)=O. The molecule has 0 saturated heterocycles. The number of hydrogen-bond donors (Lipinski definition) is 0. The molecule has 0 unspecified atom stereocenters. The second-order valence-corrected chi connectivity index (χ2v) is 3.67. The van der Waals surface area contributed by atoms with Gasteiger partial charge in [0.15, 0.2) is 0 Å². The van der Waals surface area contributed by atoms with Gasteiger partial charge in [0.25, 0.3) is 0 Å². The van der Waals surface area contributed by atoms with Crippen molar-refractivity contribution in [2.75, 3.05) is 19.8 Å². The maximum Gasteiger partial charge on any atom is 0.210 e. The molecule has 0 fully saturated rings. The number of hydrogen-bond acceptors (Lipinski definition) is 2. The molecule has 0 aromatic rings. The van der Waals surface area contributed by atoms with Gasteiger partial charge in [0.1, 0.15) is 0 Å². The van der Waals surface area contributed by atoms with Crippen LogP contribution in [0.15, 0.2) is 0 Å². The molecule has 0 rings (SSSR count). The van der Waals surface area contributed by atoms with E-state index in [9.17, 15) is 8.42 Å². The minimum absolute atomic E-state index is 0.291. The fraction of sp³-hybridized carbons (Fsp3) is 0.750. The Morgan fingerprint density at radius 2 is 2.00 bits per heavy atom. The smallest absolute Gasteiger partial charge is 0.210 e. The molecule has 8 heavy (non-hydrogen) atoms. The lowest BCUT2D eigenvalue weighted by molar-refractivity contribution is 0.504. The topological polar surface area (TPSA) is 37.4 Å². The van der Waals surface area contributed by atoms with E-state index in [4.69, 9.17) is 0 Å². The van der Waals surface area contributed by atoms with Crippen LogP contribution in [-0.2, 0) is 10.0 Å². The average molecular weight is 136 g/mol. The molecular formula is C4H10NO2S. The molecule has 4 heteroatoms. The lowest BCUT2D eigenvalue weighted by Gasteiger charge is -2.08. The second-order valence-electron chi connectivity index (χ2n) is 1.58. The summed E-state index contributed by atoms with van der Waals surface area (Å²) in [7, 11) is -1.49. The number of sulfonamides is 1. The van der Waals surface area contributed by atoms with E-state index in [0.717, 1.165) is 6.26 Å². The van der Waals surface area contributed by atoms with E-state index in [-0.39, 0.29) is 0 Å². The molecule has 0 amide bonds. The Morgan fingerprint density at radius 3 is 2.00 bits per heavy atom. The number of nitrogens with zero attached hydrogens (tertiary/aromatic N) is 1. The Kier molecular flexibility index (Phi) is 2.43. The molecule has 0 aliphatic carbocycles. The van der Waals surface area contributed by atoms with E-state index in [0.29, 0.717) is 6.54 Å². The van der Waals surface area contributed by atoms with Gasteiger partial charge in [-0.15, -0.1) is 0 Å². The van der Waals surface area contributed by atoms with Crippen LogP contribution in [0.25, 0.3) is 0 Å². The van der Waals surface area contributed by atoms with E-state index in [1.807, 2.05) is 0 Å². The van der Waals surface area contributed by atoms with Crippen LogP contribution in [0.3, 0.4) is 0 Å². The fourth-order valence-corrected chi connectivity index (χ4v) is 0.497. The van der Waals surface area contributed by atoms with Crippen molar-refractivity contribution in [2.45, 2.75) is 0 Å². The molecule has 0 spiro atoms. The normalized spacial score (nSPS) is 12.5. The van der Waals surface area contributed by atoms with Gasteiger partial charge in [-0.05, 0) is 6.92 Å². The van der Waals surface area contributed by atoms with Crippen LogP contribution in [0.1, 0.15) is 0 Å². The van der Waals surface area contributed by atoms with Crippen molar-refractivity contribution in [3.8, 4) is 0 Å². The highest BCUT2D eigenvalue weighted by Crippen LogP contribution is 1.88. The van der Waals surface area contributed by atoms with Gasteiger partial charge in [-0.1, -0.05) is 0 Å². The van der Waals surface area contributed by atoms with Crippen LogP contribution in [0.5, 0.6) is 0 Å². The van der Waals surface area contributed by atoms with Crippen LogP contribution in [0.4, 0.5) is 0 Å². The van der Waals surface area contributed by atoms with Crippen molar-refractivity contribution in [1.82, 2.24) is 4.31 Å². The monoisotopic (exact) mass is 136 g/mol. The molecule has 0 aliphatic heterocycles. The van der Waals surface area contributed by atoms with E-state index in [1.54, 1.807) is 0 Å². The molecule has 0 saturated carbocycles. The van der Waals surface area contributed by atoms with Crippen molar-refractivity contribution < 1.29 is 8.42 Å². The highest BCUT2D eigenvalue weighted by atomic mass is 32.2. The maximum absolute atomic E-state index is 10.4. The Balaban J connectivity index is 4.04. The molecule has 0 heterocycles. The van der Waals surface area contributed by atoms with E-state index >= 15 is 0 Å². The maximum atomic E-state index is 10.4. The van der Waals surface area contributed by atoms with Gasteiger partial charge in [-0.2, -0.15) is 0 Å². The molecule has 0 bridgehead atoms. The molecule has 0 aromatic carbocycles. The molecule has 1 radical (unpaired) electrons. The highest BCUT2D eigenvalue weighted by Gasteiger charge is 2.05. The zero-order valence-electron chi connectivity index (χ0n) is 5.09. The van der Waals surface area contributed by atoms with E-state index < -0.39 is 10.0 Å². The summed E-state index contributed by atoms with van der Waals surface area (Å²) < 4.78 is 22.1. The largest absolute Gasteiger partial charge is 0.213 e. The zero-order valence-corrected chi connectivity index (χ0v) is 5.90. The summed E-state index contributed by atoms with van der Waals surface area (Å²) in [6.07, 6.45) is 1.15. The van der Waals surface area contributed by atoms with E-state index in [1.165, 1.54) is 11.4 Å². The molecule has 0 atom stereocenters. The second kappa shape index (κ2) is 2.46. The summed E-state index contributed by atoms with van der Waals surface area (Å²) >= 11 is 0. The molecular weight excluding hydrogens is 126 g/mol. The third-order valence-corrected chi connectivity index (χ3v) is 2.20. The average Bonchev–Trinajstić information content (AvgIpc) is 1.62. The summed E-state index contributed by atoms with van der Waals surface area (Å²) in [5.74, 6) is 0. The molecule has 0 aliphatic rings. The van der Waals surface area contributed by atoms with Gasteiger partial charge >= 0.3 is 0 Å². The van der Waals surface area contributed by atoms with Crippen LogP contribution < -0.4 is 0 Å². The third kappa shape index (κ3) is 2.28. The standard InChI is InChI=1S/C4H10NO2S/c1-4-5(2)8(3,6)7/h1,4H2,2-3H3. The van der Waals surface area contributed by atoms with Crippen LogP contribution in [0, 0.1) is 6.92 Å². The highest BCUT2D eigenvalue weighted by molar-refractivity contribution is 7.88. The first-order chi connectivity index (χ1) is 3.48. The minimum Gasteiger partial charge on any atom is -0.213 e. The van der Waals surface area contributed by atoms with Gasteiger partial charge in [0.2, 0.25) is 10.0 Å². The first kappa shape index (κ1) is 7.91. The zero-order chi connectivity index (χ0) is 6.78. The Hall–Kier alpha value is -0.0900. The lowest BCUT2D eigenvalue weighted by atomic mass is 10.8. The molecule has 3 nitrogen and oxygen atoms in total. The van der Waals surface area contributed by atoms with Crippen LogP contribution >= 0.6 is 0 Å². The molecule has 0 aromatic heterocycles. The summed E-state index contributed by atoms with van der Waals surface area (Å²) in [5.41, 5.74) is 0. The van der Waals surface area contributed by atoms with Gasteiger partial charge in [0, 0.05) is 13.6 Å². The Morgan fingerprint density at radius 1 is 1.62 bits per heavy atom. The van der Waals surface area contributed by atoms with Gasteiger partial charge in [-0.3, -0.25) is 0 Å². The van der Waals surface area contributed by atoms with E-state index in [2.05, 4.69) is 6.92 Å². The van der Waals surface area contributed by atoms with Crippen molar-refractivity contribution >= 4 is 10.0 Å². The quantitative estimate of drug-likeness (QED) is 0.523. The first-order valence-electron chi connectivity index (χ1n) is 2.19. The van der Waals surface area contributed by atoms with Crippen LogP contribution in [0.2, 0.25) is 0 Å². The Labute approximate surface area is 50.4 Å². The predicted molar refractivity (Wildman–Crippen MR) is 32.8 cm³/mol. The Bertz CT molecular complexity index is 149. The lowest BCUT2D eigenvalue weighted by Crippen LogP contribution is -2.24. The molecule has 49 valence electrons.